The number of amides is 2. The Morgan fingerprint density at radius 3 is 2.12 bits per heavy atom. The normalized spacial score (nSPS) is 14.0. The van der Waals surface area contributed by atoms with Crippen molar-refractivity contribution in [3.05, 3.63) is 52.8 Å². The van der Waals surface area contributed by atoms with Crippen LogP contribution in [0.25, 0.3) is 11.0 Å². The molecular formula is C21H18F5N5O2. The van der Waals surface area contributed by atoms with Gasteiger partial charge in [0, 0.05) is 55.6 Å². The van der Waals surface area contributed by atoms with Crippen LogP contribution in [-0.4, -0.2) is 54.2 Å². The number of ether oxygens (including phenoxy) is 1. The zero-order valence-electron chi connectivity index (χ0n) is 17.6. The Labute approximate surface area is 184 Å². The van der Waals surface area contributed by atoms with E-state index in [1.807, 2.05) is 0 Å². The van der Waals surface area contributed by atoms with Crippen LogP contribution in [0.2, 0.25) is 0 Å². The molecule has 1 aliphatic rings. The van der Waals surface area contributed by atoms with Gasteiger partial charge in [0.25, 0.3) is 5.88 Å². The Kier molecular flexibility index (Phi) is 5.91. The fourth-order valence-corrected chi connectivity index (χ4v) is 3.59. The largest absolute Gasteiger partial charge is 0.478 e. The number of carbonyl (C=O) groups is 1. The van der Waals surface area contributed by atoms with Crippen LogP contribution in [0, 0.1) is 36.0 Å². The van der Waals surface area contributed by atoms with E-state index in [1.54, 1.807) is 4.90 Å². The number of anilines is 2. The Bertz CT molecular complexity index is 1250. The van der Waals surface area contributed by atoms with E-state index < -0.39 is 35.1 Å². The summed E-state index contributed by atoms with van der Waals surface area (Å²) in [6.07, 6.45) is 0. The van der Waals surface area contributed by atoms with E-state index in [2.05, 4.69) is 15.3 Å². The highest BCUT2D eigenvalue weighted by Gasteiger charge is 2.26. The van der Waals surface area contributed by atoms with Gasteiger partial charge in [-0.3, -0.25) is 5.32 Å². The molecule has 1 aliphatic heterocycles. The first-order chi connectivity index (χ1) is 15.7. The number of benzene rings is 2. The molecule has 2 amide bonds. The highest BCUT2D eigenvalue weighted by Crippen LogP contribution is 2.28. The van der Waals surface area contributed by atoms with E-state index in [1.165, 1.54) is 18.9 Å². The molecule has 0 saturated carbocycles. The van der Waals surface area contributed by atoms with Gasteiger partial charge in [0.1, 0.15) is 0 Å². The van der Waals surface area contributed by atoms with E-state index in [0.29, 0.717) is 0 Å². The maximum atomic E-state index is 13.9. The number of nitrogens with one attached hydrogen (secondary N) is 1. The van der Waals surface area contributed by atoms with Crippen molar-refractivity contribution in [1.82, 2.24) is 14.9 Å². The van der Waals surface area contributed by atoms with Crippen molar-refractivity contribution in [2.24, 2.45) is 0 Å². The molecule has 0 bridgehead atoms. The maximum Gasteiger partial charge on any atom is 0.323 e. The van der Waals surface area contributed by atoms with Crippen LogP contribution in [0.1, 0.15) is 5.56 Å². The SMILES string of the molecule is COc1nc2cc(F)c(F)cc2nc1NC(=O)N1CCN(c2cc(F)c(F)c(F)c2C)CC1. The number of rotatable bonds is 3. The first kappa shape index (κ1) is 22.5. The van der Waals surface area contributed by atoms with Gasteiger partial charge in [-0.05, 0) is 6.92 Å². The molecule has 3 aromatic rings. The Morgan fingerprint density at radius 2 is 1.52 bits per heavy atom. The second kappa shape index (κ2) is 8.68. The monoisotopic (exact) mass is 467 g/mol. The number of nitrogens with zero attached hydrogens (tertiary/aromatic N) is 4. The van der Waals surface area contributed by atoms with Crippen molar-refractivity contribution in [3.63, 3.8) is 0 Å². The average Bonchev–Trinajstić information content (AvgIpc) is 2.80. The summed E-state index contributed by atoms with van der Waals surface area (Å²) in [6.45, 7) is 2.21. The predicted molar refractivity (Wildman–Crippen MR) is 110 cm³/mol. The summed E-state index contributed by atoms with van der Waals surface area (Å²) in [5, 5.41) is 2.53. The molecule has 33 heavy (non-hydrogen) atoms. The van der Waals surface area contributed by atoms with Crippen LogP contribution in [0.4, 0.5) is 38.3 Å². The van der Waals surface area contributed by atoms with Crippen LogP contribution in [0.3, 0.4) is 0 Å². The summed E-state index contributed by atoms with van der Waals surface area (Å²) in [6, 6.07) is 2.10. The lowest BCUT2D eigenvalue weighted by molar-refractivity contribution is 0.208. The molecule has 0 atom stereocenters. The van der Waals surface area contributed by atoms with Gasteiger partial charge < -0.3 is 14.5 Å². The van der Waals surface area contributed by atoms with E-state index in [0.717, 1.165) is 18.2 Å². The Balaban J connectivity index is 1.49. The fraction of sp³-hybridized carbons (Fsp3) is 0.286. The summed E-state index contributed by atoms with van der Waals surface area (Å²) in [7, 11) is 1.29. The molecule has 0 aliphatic carbocycles. The van der Waals surface area contributed by atoms with Gasteiger partial charge in [-0.25, -0.2) is 36.7 Å². The van der Waals surface area contributed by atoms with E-state index in [-0.39, 0.29) is 60.2 Å². The minimum atomic E-state index is -1.53. The standard InChI is InChI=1S/C21H18F5N5O2/c1-10-16(9-13(24)18(26)17(10)25)30-3-5-31(6-4-30)21(32)29-19-20(33-2)28-15-8-12(23)11(22)7-14(15)27-19/h7-9H,3-6H2,1-2H3,(H,27,29,32). The lowest BCUT2D eigenvalue weighted by atomic mass is 10.1. The summed E-state index contributed by atoms with van der Waals surface area (Å²) in [5.74, 6) is -6.43. The summed E-state index contributed by atoms with van der Waals surface area (Å²) in [4.78, 5) is 24.0. The molecule has 4 rings (SSSR count). The maximum absolute atomic E-state index is 13.9. The number of methoxy groups -OCH3 is 1. The zero-order valence-corrected chi connectivity index (χ0v) is 17.6. The molecular weight excluding hydrogens is 449 g/mol. The van der Waals surface area contributed by atoms with Gasteiger partial charge in [0.15, 0.2) is 34.9 Å². The lowest BCUT2D eigenvalue weighted by Crippen LogP contribution is -2.50. The number of hydrogen-bond acceptors (Lipinski definition) is 5. The number of halogens is 5. The smallest absolute Gasteiger partial charge is 0.323 e. The fourth-order valence-electron chi connectivity index (χ4n) is 3.59. The van der Waals surface area contributed by atoms with Crippen molar-refractivity contribution >= 4 is 28.6 Å². The average molecular weight is 467 g/mol. The van der Waals surface area contributed by atoms with Crippen molar-refractivity contribution in [3.8, 4) is 5.88 Å². The second-order valence-electron chi connectivity index (χ2n) is 7.37. The van der Waals surface area contributed by atoms with Crippen LogP contribution in [0.5, 0.6) is 5.88 Å². The molecule has 0 unspecified atom stereocenters. The first-order valence-electron chi connectivity index (χ1n) is 9.85. The molecule has 7 nitrogen and oxygen atoms in total. The van der Waals surface area contributed by atoms with Crippen molar-refractivity contribution in [2.45, 2.75) is 6.92 Å². The van der Waals surface area contributed by atoms with Crippen molar-refractivity contribution in [2.75, 3.05) is 43.5 Å². The zero-order chi connectivity index (χ0) is 23.9. The quantitative estimate of drug-likeness (QED) is 0.466. The van der Waals surface area contributed by atoms with Gasteiger partial charge in [-0.1, -0.05) is 0 Å². The number of fused-ring (bicyclic) bond motifs is 1. The third kappa shape index (κ3) is 4.20. The summed E-state index contributed by atoms with van der Waals surface area (Å²) >= 11 is 0. The van der Waals surface area contributed by atoms with Crippen molar-refractivity contribution in [1.29, 1.82) is 0 Å². The molecule has 1 fully saturated rings. The van der Waals surface area contributed by atoms with Crippen LogP contribution in [-0.2, 0) is 0 Å². The molecule has 174 valence electrons. The first-order valence-corrected chi connectivity index (χ1v) is 9.85. The molecule has 12 heteroatoms. The minimum absolute atomic E-state index is 0.0191. The highest BCUT2D eigenvalue weighted by molar-refractivity contribution is 5.91. The highest BCUT2D eigenvalue weighted by atomic mass is 19.2. The topological polar surface area (TPSA) is 70.6 Å². The van der Waals surface area contributed by atoms with Crippen LogP contribution < -0.4 is 15.0 Å². The number of piperazine rings is 1. The number of hydrogen-bond donors (Lipinski definition) is 1. The van der Waals surface area contributed by atoms with Gasteiger partial charge in [0.05, 0.1) is 18.1 Å². The summed E-state index contributed by atoms with van der Waals surface area (Å²) < 4.78 is 73.1. The molecule has 2 aromatic carbocycles. The third-order valence-corrected chi connectivity index (χ3v) is 5.38. The number of carbonyl (C=O) groups excluding carboxylic acids is 1. The van der Waals surface area contributed by atoms with E-state index >= 15 is 0 Å². The number of urea groups is 1. The van der Waals surface area contributed by atoms with E-state index in [9.17, 15) is 26.7 Å². The second-order valence-corrected chi connectivity index (χ2v) is 7.37. The molecule has 2 heterocycles. The van der Waals surface area contributed by atoms with Crippen LogP contribution in [0.15, 0.2) is 18.2 Å². The van der Waals surface area contributed by atoms with E-state index in [4.69, 9.17) is 4.74 Å². The van der Waals surface area contributed by atoms with Gasteiger partial charge in [-0.2, -0.15) is 0 Å². The molecule has 1 aromatic heterocycles. The van der Waals surface area contributed by atoms with Crippen LogP contribution >= 0.6 is 0 Å². The minimum Gasteiger partial charge on any atom is -0.478 e. The Morgan fingerprint density at radius 1 is 0.909 bits per heavy atom. The van der Waals surface area contributed by atoms with Gasteiger partial charge in [0.2, 0.25) is 0 Å². The Hall–Kier alpha value is -3.70. The molecule has 0 radical (unpaired) electrons. The predicted octanol–water partition coefficient (Wildman–Crippen LogP) is 4.00. The molecule has 1 N–H and O–H groups in total. The molecule has 1 saturated heterocycles. The number of aromatic nitrogens is 2. The van der Waals surface area contributed by atoms with Crippen molar-refractivity contribution < 1.29 is 31.5 Å². The van der Waals surface area contributed by atoms with Gasteiger partial charge >= 0.3 is 6.03 Å². The summed E-state index contributed by atoms with van der Waals surface area (Å²) in [5.41, 5.74) is 0.256. The lowest BCUT2D eigenvalue weighted by Gasteiger charge is -2.36. The molecule has 0 spiro atoms. The third-order valence-electron chi connectivity index (χ3n) is 5.38. The van der Waals surface area contributed by atoms with Gasteiger partial charge in [-0.15, -0.1) is 0 Å².